The van der Waals surface area contributed by atoms with Crippen LogP contribution in [0.5, 0.6) is 0 Å². The molecule has 0 bridgehead atoms. The maximum absolute atomic E-state index is 12.0. The number of hydrogen-bond donors (Lipinski definition) is 1. The molecule has 0 spiro atoms. The van der Waals surface area contributed by atoms with Gasteiger partial charge in [0.05, 0.1) is 11.3 Å². The van der Waals surface area contributed by atoms with Gasteiger partial charge in [0.2, 0.25) is 0 Å². The van der Waals surface area contributed by atoms with Crippen LogP contribution in [0.2, 0.25) is 0 Å². The molecule has 1 aromatic heterocycles. The molecule has 1 aliphatic heterocycles. The summed E-state index contributed by atoms with van der Waals surface area (Å²) in [7, 11) is 0. The third-order valence-electron chi connectivity index (χ3n) is 2.86. The number of allylic oxidation sites excluding steroid dienone is 3. The third kappa shape index (κ3) is 2.47. The molecule has 1 amide bonds. The van der Waals surface area contributed by atoms with Crippen molar-refractivity contribution in [1.29, 1.82) is 0 Å². The molecule has 3 rings (SSSR count). The van der Waals surface area contributed by atoms with Crippen LogP contribution in [0.25, 0.3) is 0 Å². The zero-order chi connectivity index (χ0) is 13.1. The number of ether oxygens (including phenoxy) is 1. The van der Waals surface area contributed by atoms with Gasteiger partial charge in [-0.1, -0.05) is 18.2 Å². The summed E-state index contributed by atoms with van der Waals surface area (Å²) in [6.07, 6.45) is 14.4. The molecule has 1 unspecified atom stereocenters. The van der Waals surface area contributed by atoms with E-state index < -0.39 is 0 Å². The highest BCUT2D eigenvalue weighted by atomic mass is 16.5. The van der Waals surface area contributed by atoms with Gasteiger partial charge in [-0.3, -0.25) is 9.78 Å². The number of aromatic nitrogens is 1. The fourth-order valence-electron chi connectivity index (χ4n) is 1.92. The molecule has 4 nitrogen and oxygen atoms in total. The maximum Gasteiger partial charge on any atom is 0.257 e. The van der Waals surface area contributed by atoms with E-state index in [1.807, 2.05) is 30.4 Å². The Morgan fingerprint density at radius 1 is 1.37 bits per heavy atom. The molecule has 0 fully saturated rings. The van der Waals surface area contributed by atoms with E-state index in [4.69, 9.17) is 4.74 Å². The normalized spacial score (nSPS) is 19.9. The highest BCUT2D eigenvalue weighted by molar-refractivity contribution is 5.95. The average molecular weight is 252 g/mol. The maximum atomic E-state index is 12.0. The molecule has 2 heterocycles. The van der Waals surface area contributed by atoms with Crippen molar-refractivity contribution in [3.05, 3.63) is 78.0 Å². The summed E-state index contributed by atoms with van der Waals surface area (Å²) < 4.78 is 5.53. The summed E-state index contributed by atoms with van der Waals surface area (Å²) >= 11 is 0. The van der Waals surface area contributed by atoms with Crippen LogP contribution in [0.3, 0.4) is 0 Å². The van der Waals surface area contributed by atoms with Gasteiger partial charge in [-0.25, -0.2) is 0 Å². The summed E-state index contributed by atoms with van der Waals surface area (Å²) in [5.41, 5.74) is 2.18. The SMILES string of the molecule is O=C(NC1=COC2C=CC=CC2=C1)c1cccnc1. The summed E-state index contributed by atoms with van der Waals surface area (Å²) in [4.78, 5) is 15.9. The van der Waals surface area contributed by atoms with Gasteiger partial charge in [-0.15, -0.1) is 0 Å². The number of carbonyl (C=O) groups is 1. The van der Waals surface area contributed by atoms with Crippen molar-refractivity contribution >= 4 is 5.91 Å². The predicted molar refractivity (Wildman–Crippen MR) is 71.0 cm³/mol. The summed E-state index contributed by atoms with van der Waals surface area (Å²) in [5.74, 6) is -0.200. The number of pyridine rings is 1. The minimum Gasteiger partial charge on any atom is -0.487 e. The Hall–Kier alpha value is -2.62. The second kappa shape index (κ2) is 4.94. The van der Waals surface area contributed by atoms with E-state index in [0.29, 0.717) is 11.3 Å². The number of nitrogens with zero attached hydrogens (tertiary/aromatic N) is 1. The second-order valence-corrected chi connectivity index (χ2v) is 4.21. The van der Waals surface area contributed by atoms with Crippen LogP contribution >= 0.6 is 0 Å². The van der Waals surface area contributed by atoms with Crippen LogP contribution in [0, 0.1) is 0 Å². The molecule has 1 aromatic rings. The first-order chi connectivity index (χ1) is 9.33. The lowest BCUT2D eigenvalue weighted by molar-refractivity contribution is 0.0962. The van der Waals surface area contributed by atoms with E-state index in [-0.39, 0.29) is 12.0 Å². The first-order valence-corrected chi connectivity index (χ1v) is 5.96. The topological polar surface area (TPSA) is 51.2 Å². The van der Waals surface area contributed by atoms with Crippen LogP contribution in [0.1, 0.15) is 10.4 Å². The Labute approximate surface area is 110 Å². The Morgan fingerprint density at radius 3 is 3.16 bits per heavy atom. The van der Waals surface area contributed by atoms with Crippen molar-refractivity contribution in [2.75, 3.05) is 0 Å². The predicted octanol–water partition coefficient (Wildman–Crippen LogP) is 2.10. The molecule has 2 aliphatic rings. The molecular weight excluding hydrogens is 240 g/mol. The molecule has 0 saturated carbocycles. The van der Waals surface area contributed by atoms with Gasteiger partial charge in [0.15, 0.2) is 0 Å². The molecule has 1 aliphatic carbocycles. The van der Waals surface area contributed by atoms with E-state index in [9.17, 15) is 4.79 Å². The van der Waals surface area contributed by atoms with Crippen LogP contribution in [0.4, 0.5) is 0 Å². The Kier molecular flexibility index (Phi) is 2.98. The van der Waals surface area contributed by atoms with Crippen LogP contribution in [-0.4, -0.2) is 17.0 Å². The van der Waals surface area contributed by atoms with Crippen molar-refractivity contribution in [1.82, 2.24) is 10.3 Å². The van der Waals surface area contributed by atoms with Crippen LogP contribution < -0.4 is 5.32 Å². The van der Waals surface area contributed by atoms with Crippen molar-refractivity contribution in [2.24, 2.45) is 0 Å². The van der Waals surface area contributed by atoms with Gasteiger partial charge in [0, 0.05) is 12.4 Å². The van der Waals surface area contributed by atoms with Gasteiger partial charge < -0.3 is 10.1 Å². The molecule has 4 heteroatoms. The quantitative estimate of drug-likeness (QED) is 0.877. The van der Waals surface area contributed by atoms with E-state index in [1.165, 1.54) is 6.20 Å². The lowest BCUT2D eigenvalue weighted by Gasteiger charge is -2.22. The number of hydrogen-bond acceptors (Lipinski definition) is 3. The van der Waals surface area contributed by atoms with E-state index in [2.05, 4.69) is 10.3 Å². The molecule has 0 aromatic carbocycles. The standard InChI is InChI=1S/C15H12N2O2/c18-15(12-5-3-7-16-9-12)17-13-8-11-4-1-2-6-14(11)19-10-13/h1-10,14H,(H,17,18). The lowest BCUT2D eigenvalue weighted by atomic mass is 10.0. The molecule has 19 heavy (non-hydrogen) atoms. The minimum atomic E-state index is -0.200. The summed E-state index contributed by atoms with van der Waals surface area (Å²) in [6.45, 7) is 0. The molecular formula is C15H12N2O2. The summed E-state index contributed by atoms with van der Waals surface area (Å²) in [5, 5.41) is 2.79. The fourth-order valence-corrected chi connectivity index (χ4v) is 1.92. The first-order valence-electron chi connectivity index (χ1n) is 5.96. The number of amides is 1. The Bertz CT molecular complexity index is 612. The van der Waals surface area contributed by atoms with Gasteiger partial charge in [-0.2, -0.15) is 0 Å². The van der Waals surface area contributed by atoms with E-state index >= 15 is 0 Å². The lowest BCUT2D eigenvalue weighted by Crippen LogP contribution is -2.25. The van der Waals surface area contributed by atoms with Gasteiger partial charge >= 0.3 is 0 Å². The molecule has 1 atom stereocenters. The first kappa shape index (κ1) is 11.5. The van der Waals surface area contributed by atoms with Crippen LogP contribution in [-0.2, 0) is 4.74 Å². The van der Waals surface area contributed by atoms with Crippen molar-refractivity contribution in [3.8, 4) is 0 Å². The number of carbonyl (C=O) groups excluding carboxylic acids is 1. The van der Waals surface area contributed by atoms with Crippen molar-refractivity contribution < 1.29 is 9.53 Å². The third-order valence-corrected chi connectivity index (χ3v) is 2.86. The zero-order valence-corrected chi connectivity index (χ0v) is 10.1. The van der Waals surface area contributed by atoms with Crippen molar-refractivity contribution in [3.63, 3.8) is 0 Å². The van der Waals surface area contributed by atoms with E-state index in [1.54, 1.807) is 24.6 Å². The monoisotopic (exact) mass is 252 g/mol. The molecule has 0 saturated heterocycles. The number of nitrogens with one attached hydrogen (secondary N) is 1. The van der Waals surface area contributed by atoms with Gasteiger partial charge in [-0.05, 0) is 29.9 Å². The summed E-state index contributed by atoms with van der Waals surface area (Å²) in [6, 6.07) is 3.44. The molecule has 1 N–H and O–H groups in total. The zero-order valence-electron chi connectivity index (χ0n) is 10.1. The van der Waals surface area contributed by atoms with Crippen LogP contribution in [0.15, 0.2) is 72.4 Å². The highest BCUT2D eigenvalue weighted by Crippen LogP contribution is 2.21. The number of rotatable bonds is 2. The largest absolute Gasteiger partial charge is 0.487 e. The molecule has 94 valence electrons. The highest BCUT2D eigenvalue weighted by Gasteiger charge is 2.17. The minimum absolute atomic E-state index is 0.0518. The smallest absolute Gasteiger partial charge is 0.257 e. The fraction of sp³-hybridized carbons (Fsp3) is 0.0667. The Morgan fingerprint density at radius 2 is 2.32 bits per heavy atom. The van der Waals surface area contributed by atoms with Gasteiger partial charge in [0.1, 0.15) is 12.4 Å². The molecule has 0 radical (unpaired) electrons. The average Bonchev–Trinajstić information content (AvgIpc) is 2.48. The second-order valence-electron chi connectivity index (χ2n) is 4.21. The van der Waals surface area contributed by atoms with Crippen molar-refractivity contribution in [2.45, 2.75) is 6.10 Å². The van der Waals surface area contributed by atoms with Gasteiger partial charge in [0.25, 0.3) is 5.91 Å². The van der Waals surface area contributed by atoms with E-state index in [0.717, 1.165) is 5.57 Å². The number of fused-ring (bicyclic) bond motifs is 1. The Balaban J connectivity index is 1.73.